The minimum absolute atomic E-state index is 0.262. The summed E-state index contributed by atoms with van der Waals surface area (Å²) in [5.74, 6) is 0.214. The highest BCUT2D eigenvalue weighted by atomic mass is 16.5. The standard InChI is InChI=1S/C12H22O3/c1-9-6-5-7-12(8-9,10(13)15-4)11(2,3)14/h9,14H,5-8H2,1-4H3. The molecule has 0 aliphatic heterocycles. The first-order valence-corrected chi connectivity index (χ1v) is 5.64. The van der Waals surface area contributed by atoms with Crippen LogP contribution in [0.1, 0.15) is 46.5 Å². The number of carbonyl (C=O) groups is 1. The zero-order valence-corrected chi connectivity index (χ0v) is 10.2. The molecular weight excluding hydrogens is 192 g/mol. The molecule has 0 radical (unpaired) electrons. The second kappa shape index (κ2) is 4.12. The van der Waals surface area contributed by atoms with Crippen molar-refractivity contribution >= 4 is 5.97 Å². The number of methoxy groups -OCH3 is 1. The fraction of sp³-hybridized carbons (Fsp3) is 0.917. The molecule has 0 saturated heterocycles. The molecule has 0 heterocycles. The molecule has 1 rings (SSSR count). The second-order valence-corrected chi connectivity index (χ2v) is 5.33. The maximum absolute atomic E-state index is 11.9. The molecule has 2 atom stereocenters. The Morgan fingerprint density at radius 2 is 2.13 bits per heavy atom. The van der Waals surface area contributed by atoms with Crippen molar-refractivity contribution in [1.82, 2.24) is 0 Å². The van der Waals surface area contributed by atoms with Crippen molar-refractivity contribution in [3.05, 3.63) is 0 Å². The molecule has 0 aromatic rings. The van der Waals surface area contributed by atoms with Crippen LogP contribution in [0, 0.1) is 11.3 Å². The van der Waals surface area contributed by atoms with Crippen molar-refractivity contribution in [2.45, 2.75) is 52.1 Å². The third kappa shape index (κ3) is 2.17. The summed E-state index contributed by atoms with van der Waals surface area (Å²) in [6.45, 7) is 5.55. The van der Waals surface area contributed by atoms with E-state index in [-0.39, 0.29) is 5.97 Å². The number of hydrogen-bond acceptors (Lipinski definition) is 3. The molecule has 88 valence electrons. The highest BCUT2D eigenvalue weighted by Gasteiger charge is 2.52. The topological polar surface area (TPSA) is 46.5 Å². The van der Waals surface area contributed by atoms with E-state index >= 15 is 0 Å². The van der Waals surface area contributed by atoms with E-state index in [9.17, 15) is 9.90 Å². The van der Waals surface area contributed by atoms with Gasteiger partial charge >= 0.3 is 5.97 Å². The maximum atomic E-state index is 11.9. The third-order valence-corrected chi connectivity index (χ3v) is 3.74. The molecule has 3 heteroatoms. The van der Waals surface area contributed by atoms with E-state index < -0.39 is 11.0 Å². The summed E-state index contributed by atoms with van der Waals surface area (Å²) in [5, 5.41) is 10.2. The van der Waals surface area contributed by atoms with Gasteiger partial charge in [-0.05, 0) is 32.6 Å². The molecule has 1 saturated carbocycles. The lowest BCUT2D eigenvalue weighted by molar-refractivity contribution is -0.176. The number of hydrogen-bond donors (Lipinski definition) is 1. The van der Waals surface area contributed by atoms with Gasteiger partial charge in [0.2, 0.25) is 0 Å². The first-order chi connectivity index (χ1) is 6.83. The van der Waals surface area contributed by atoms with Crippen molar-refractivity contribution in [1.29, 1.82) is 0 Å². The van der Waals surface area contributed by atoms with Gasteiger partial charge < -0.3 is 9.84 Å². The van der Waals surface area contributed by atoms with Crippen LogP contribution in [0.5, 0.6) is 0 Å². The maximum Gasteiger partial charge on any atom is 0.314 e. The fourth-order valence-electron chi connectivity index (χ4n) is 2.74. The first-order valence-electron chi connectivity index (χ1n) is 5.64. The summed E-state index contributed by atoms with van der Waals surface area (Å²) in [4.78, 5) is 11.9. The number of rotatable bonds is 2. The van der Waals surface area contributed by atoms with Crippen LogP contribution in [0.25, 0.3) is 0 Å². The zero-order valence-electron chi connectivity index (χ0n) is 10.2. The molecule has 15 heavy (non-hydrogen) atoms. The smallest absolute Gasteiger partial charge is 0.314 e. The predicted molar refractivity (Wildman–Crippen MR) is 58.4 cm³/mol. The van der Waals surface area contributed by atoms with Crippen molar-refractivity contribution < 1.29 is 14.6 Å². The summed E-state index contributed by atoms with van der Waals surface area (Å²) in [7, 11) is 1.40. The molecule has 2 unspecified atom stereocenters. The van der Waals surface area contributed by atoms with Crippen LogP contribution in [0.3, 0.4) is 0 Å². The summed E-state index contributed by atoms with van der Waals surface area (Å²) in [6, 6.07) is 0. The highest BCUT2D eigenvalue weighted by Crippen LogP contribution is 2.47. The quantitative estimate of drug-likeness (QED) is 0.716. The number of esters is 1. The van der Waals surface area contributed by atoms with Gasteiger partial charge in [0.15, 0.2) is 0 Å². The Kier molecular flexibility index (Phi) is 3.44. The van der Waals surface area contributed by atoms with E-state index in [2.05, 4.69) is 6.92 Å². The van der Waals surface area contributed by atoms with E-state index in [1.54, 1.807) is 13.8 Å². The summed E-state index contributed by atoms with van der Waals surface area (Å²) in [6.07, 6.45) is 3.58. The van der Waals surface area contributed by atoms with E-state index in [4.69, 9.17) is 4.74 Å². The van der Waals surface area contributed by atoms with Gasteiger partial charge in [0.25, 0.3) is 0 Å². The number of aliphatic hydroxyl groups is 1. The summed E-state index contributed by atoms with van der Waals surface area (Å²) in [5.41, 5.74) is -1.71. The molecule has 3 nitrogen and oxygen atoms in total. The molecule has 0 amide bonds. The Labute approximate surface area is 91.8 Å². The van der Waals surface area contributed by atoms with Crippen LogP contribution in [0.15, 0.2) is 0 Å². The lowest BCUT2D eigenvalue weighted by Gasteiger charge is -2.45. The molecule has 1 fully saturated rings. The average molecular weight is 214 g/mol. The largest absolute Gasteiger partial charge is 0.469 e. The molecule has 1 aliphatic carbocycles. The molecule has 0 aromatic heterocycles. The van der Waals surface area contributed by atoms with Crippen LogP contribution in [0.4, 0.5) is 0 Å². The Balaban J connectivity index is 3.01. The molecule has 0 spiro atoms. The molecule has 1 N–H and O–H groups in total. The van der Waals surface area contributed by atoms with Crippen LogP contribution in [0.2, 0.25) is 0 Å². The summed E-state index contributed by atoms with van der Waals surface area (Å²) < 4.78 is 4.87. The first kappa shape index (κ1) is 12.5. The highest BCUT2D eigenvalue weighted by molar-refractivity contribution is 5.78. The number of ether oxygens (including phenoxy) is 1. The minimum Gasteiger partial charge on any atom is -0.469 e. The van der Waals surface area contributed by atoms with Gasteiger partial charge in [-0.3, -0.25) is 4.79 Å². The average Bonchev–Trinajstić information content (AvgIpc) is 2.14. The van der Waals surface area contributed by atoms with Crippen LogP contribution < -0.4 is 0 Å². The van der Waals surface area contributed by atoms with E-state index in [0.29, 0.717) is 5.92 Å². The van der Waals surface area contributed by atoms with Gasteiger partial charge in [-0.2, -0.15) is 0 Å². The Morgan fingerprint density at radius 3 is 2.53 bits per heavy atom. The Morgan fingerprint density at radius 1 is 1.53 bits per heavy atom. The van der Waals surface area contributed by atoms with Gasteiger partial charge in [-0.1, -0.05) is 19.8 Å². The van der Waals surface area contributed by atoms with Crippen molar-refractivity contribution in [3.63, 3.8) is 0 Å². The van der Waals surface area contributed by atoms with Gasteiger partial charge in [-0.25, -0.2) is 0 Å². The molecular formula is C12H22O3. The van der Waals surface area contributed by atoms with Crippen molar-refractivity contribution in [2.24, 2.45) is 11.3 Å². The Bertz CT molecular complexity index is 242. The zero-order chi connectivity index (χ0) is 11.7. The lowest BCUT2D eigenvalue weighted by Crippen LogP contribution is -2.52. The van der Waals surface area contributed by atoms with Crippen molar-refractivity contribution in [3.8, 4) is 0 Å². The number of carbonyl (C=O) groups excluding carboxylic acids is 1. The molecule has 0 aromatic carbocycles. The Hall–Kier alpha value is -0.570. The van der Waals surface area contributed by atoms with Crippen molar-refractivity contribution in [2.75, 3.05) is 7.11 Å². The summed E-state index contributed by atoms with van der Waals surface area (Å²) >= 11 is 0. The van der Waals surface area contributed by atoms with Crippen LogP contribution in [-0.4, -0.2) is 23.8 Å². The van der Waals surface area contributed by atoms with Gasteiger partial charge in [0.05, 0.1) is 18.1 Å². The molecule has 1 aliphatic rings. The normalized spacial score (nSPS) is 32.5. The SMILES string of the molecule is COC(=O)C1(C(C)(C)O)CCCC(C)C1. The fourth-order valence-corrected chi connectivity index (χ4v) is 2.74. The van der Waals surface area contributed by atoms with Gasteiger partial charge in [0, 0.05) is 0 Å². The van der Waals surface area contributed by atoms with Gasteiger partial charge in [0.1, 0.15) is 0 Å². The third-order valence-electron chi connectivity index (χ3n) is 3.74. The van der Waals surface area contributed by atoms with Crippen LogP contribution >= 0.6 is 0 Å². The predicted octanol–water partition coefficient (Wildman–Crippen LogP) is 2.13. The minimum atomic E-state index is -1.01. The van der Waals surface area contributed by atoms with E-state index in [0.717, 1.165) is 25.7 Å². The van der Waals surface area contributed by atoms with E-state index in [1.807, 2.05) is 0 Å². The van der Waals surface area contributed by atoms with Gasteiger partial charge in [-0.15, -0.1) is 0 Å². The van der Waals surface area contributed by atoms with Crippen LogP contribution in [-0.2, 0) is 9.53 Å². The molecule has 0 bridgehead atoms. The monoisotopic (exact) mass is 214 g/mol. The lowest BCUT2D eigenvalue weighted by atomic mass is 9.62. The second-order valence-electron chi connectivity index (χ2n) is 5.33. The van der Waals surface area contributed by atoms with E-state index in [1.165, 1.54) is 7.11 Å².